The van der Waals surface area contributed by atoms with E-state index in [0.717, 1.165) is 26.1 Å². The average Bonchev–Trinajstić information content (AvgIpc) is 3.02. The number of nitrogens with one attached hydrogen (secondary N) is 1. The molecule has 1 fully saturated rings. The number of carboxylic acids is 1. The lowest BCUT2D eigenvalue weighted by Gasteiger charge is -2.23. The molecule has 24 heavy (non-hydrogen) atoms. The van der Waals surface area contributed by atoms with Crippen molar-refractivity contribution in [3.05, 3.63) is 22.5 Å². The van der Waals surface area contributed by atoms with Gasteiger partial charge in [0.2, 0.25) is 0 Å². The fourth-order valence-corrected chi connectivity index (χ4v) is 3.69. The molecule has 1 aromatic rings. The van der Waals surface area contributed by atoms with Gasteiger partial charge in [-0.3, -0.25) is 4.79 Å². The van der Waals surface area contributed by atoms with E-state index < -0.39 is 5.97 Å². The molecule has 0 aliphatic carbocycles. The van der Waals surface area contributed by atoms with Crippen LogP contribution in [0.5, 0.6) is 0 Å². The Labute approximate surface area is 143 Å². The second-order valence-electron chi connectivity index (χ2n) is 7.42. The Morgan fingerprint density at radius 1 is 1.38 bits per heavy atom. The summed E-state index contributed by atoms with van der Waals surface area (Å²) < 4.78 is 0. The van der Waals surface area contributed by atoms with Crippen LogP contribution in [0.15, 0.2) is 0 Å². The summed E-state index contributed by atoms with van der Waals surface area (Å²) in [6.45, 7) is 11.8. The topological polar surface area (TPSA) is 76.6 Å². The highest BCUT2D eigenvalue weighted by molar-refractivity contribution is 6.00. The fourth-order valence-electron chi connectivity index (χ4n) is 3.69. The monoisotopic (exact) mass is 335 g/mol. The van der Waals surface area contributed by atoms with E-state index in [1.165, 1.54) is 0 Å². The first-order chi connectivity index (χ1) is 11.2. The number of aromatic carboxylic acids is 1. The molecule has 6 heteroatoms. The third kappa shape index (κ3) is 3.98. The van der Waals surface area contributed by atoms with E-state index in [1.807, 2.05) is 0 Å². The summed E-state index contributed by atoms with van der Waals surface area (Å²) in [6.07, 6.45) is 1.11. The SMILES string of the molecule is Cc1[nH]c(C(=O)O)c(C)c1C(=O)N(C)C[C@@H]1CCN(CC(C)C)C1. The summed E-state index contributed by atoms with van der Waals surface area (Å²) in [5.74, 6) is 0.00684. The van der Waals surface area contributed by atoms with E-state index in [1.54, 1.807) is 25.8 Å². The molecule has 6 nitrogen and oxygen atoms in total. The van der Waals surface area contributed by atoms with Gasteiger partial charge in [-0.2, -0.15) is 0 Å². The lowest BCUT2D eigenvalue weighted by atomic mass is 10.1. The lowest BCUT2D eigenvalue weighted by molar-refractivity contribution is 0.0690. The number of likely N-dealkylation sites (tertiary alicyclic amines) is 1. The minimum atomic E-state index is -1.03. The number of nitrogens with zero attached hydrogens (tertiary/aromatic N) is 2. The van der Waals surface area contributed by atoms with E-state index in [4.69, 9.17) is 0 Å². The quantitative estimate of drug-likeness (QED) is 0.837. The number of carbonyl (C=O) groups is 2. The first-order valence-electron chi connectivity index (χ1n) is 8.61. The molecule has 1 aliphatic rings. The third-order valence-corrected chi connectivity index (χ3v) is 4.74. The summed E-state index contributed by atoms with van der Waals surface area (Å²) in [6, 6.07) is 0. The molecule has 1 saturated heterocycles. The van der Waals surface area contributed by atoms with Crippen LogP contribution in [0.25, 0.3) is 0 Å². The Balaban J connectivity index is 2.02. The van der Waals surface area contributed by atoms with Crippen LogP contribution < -0.4 is 0 Å². The summed E-state index contributed by atoms with van der Waals surface area (Å²) in [4.78, 5) is 31.0. The molecule has 2 heterocycles. The summed E-state index contributed by atoms with van der Waals surface area (Å²) in [5.41, 5.74) is 1.74. The average molecular weight is 335 g/mol. The minimum absolute atomic E-state index is 0.101. The van der Waals surface area contributed by atoms with Gasteiger partial charge in [0, 0.05) is 32.4 Å². The van der Waals surface area contributed by atoms with E-state index in [2.05, 4.69) is 23.7 Å². The minimum Gasteiger partial charge on any atom is -0.477 e. The number of rotatable bonds is 6. The highest BCUT2D eigenvalue weighted by Crippen LogP contribution is 2.22. The number of aromatic amines is 1. The van der Waals surface area contributed by atoms with Crippen molar-refractivity contribution in [3.63, 3.8) is 0 Å². The van der Waals surface area contributed by atoms with Crippen LogP contribution in [0.2, 0.25) is 0 Å². The number of aromatic nitrogens is 1. The number of H-pyrrole nitrogens is 1. The van der Waals surface area contributed by atoms with Crippen LogP contribution in [-0.2, 0) is 0 Å². The van der Waals surface area contributed by atoms with Crippen molar-refractivity contribution in [2.24, 2.45) is 11.8 Å². The van der Waals surface area contributed by atoms with Crippen molar-refractivity contribution >= 4 is 11.9 Å². The molecule has 134 valence electrons. The predicted molar refractivity (Wildman–Crippen MR) is 93.6 cm³/mol. The Bertz CT molecular complexity index is 621. The largest absolute Gasteiger partial charge is 0.477 e. The fraction of sp³-hybridized carbons (Fsp3) is 0.667. The van der Waals surface area contributed by atoms with Gasteiger partial charge in [0.1, 0.15) is 5.69 Å². The van der Waals surface area contributed by atoms with E-state index in [0.29, 0.717) is 35.2 Å². The molecule has 1 amide bonds. The molecule has 0 saturated carbocycles. The van der Waals surface area contributed by atoms with Gasteiger partial charge in [0.25, 0.3) is 5.91 Å². The number of carbonyl (C=O) groups excluding carboxylic acids is 1. The standard InChI is InChI=1S/C18H29N3O3/c1-11(2)8-21-7-6-14(10-21)9-20(5)17(22)15-12(3)16(18(23)24)19-13(15)4/h11,14,19H,6-10H2,1-5H3,(H,23,24)/t14-/m0/s1. The van der Waals surface area contributed by atoms with Gasteiger partial charge in [0.05, 0.1) is 5.56 Å². The maximum atomic E-state index is 12.8. The Morgan fingerprint density at radius 3 is 2.58 bits per heavy atom. The summed E-state index contributed by atoms with van der Waals surface area (Å²) in [5, 5.41) is 9.19. The smallest absolute Gasteiger partial charge is 0.352 e. The van der Waals surface area contributed by atoms with E-state index >= 15 is 0 Å². The van der Waals surface area contributed by atoms with Crippen LogP contribution in [0.4, 0.5) is 0 Å². The maximum absolute atomic E-state index is 12.8. The maximum Gasteiger partial charge on any atom is 0.352 e. The van der Waals surface area contributed by atoms with Crippen molar-refractivity contribution in [3.8, 4) is 0 Å². The number of aryl methyl sites for hydroxylation is 1. The molecule has 0 spiro atoms. The van der Waals surface area contributed by atoms with Crippen molar-refractivity contribution in [2.45, 2.75) is 34.1 Å². The van der Waals surface area contributed by atoms with Crippen molar-refractivity contribution in [1.29, 1.82) is 0 Å². The third-order valence-electron chi connectivity index (χ3n) is 4.74. The number of carboxylic acid groups (broad SMARTS) is 1. The van der Waals surface area contributed by atoms with Crippen LogP contribution in [0, 0.1) is 25.7 Å². The molecule has 0 bridgehead atoms. The van der Waals surface area contributed by atoms with Crippen molar-refractivity contribution in [1.82, 2.24) is 14.8 Å². The molecule has 0 radical (unpaired) electrons. The number of hydrogen-bond acceptors (Lipinski definition) is 3. The van der Waals surface area contributed by atoms with Crippen LogP contribution >= 0.6 is 0 Å². The van der Waals surface area contributed by atoms with Gasteiger partial charge in [-0.05, 0) is 44.2 Å². The van der Waals surface area contributed by atoms with Gasteiger partial charge < -0.3 is 19.9 Å². The second-order valence-corrected chi connectivity index (χ2v) is 7.42. The Morgan fingerprint density at radius 2 is 2.04 bits per heavy atom. The zero-order valence-corrected chi connectivity index (χ0v) is 15.3. The normalized spacial score (nSPS) is 18.3. The van der Waals surface area contributed by atoms with Gasteiger partial charge in [-0.25, -0.2) is 4.79 Å². The molecule has 1 aliphatic heterocycles. The molecular weight excluding hydrogens is 306 g/mol. The van der Waals surface area contributed by atoms with Crippen molar-refractivity contribution in [2.75, 3.05) is 33.2 Å². The highest BCUT2D eigenvalue weighted by atomic mass is 16.4. The van der Waals surface area contributed by atoms with Crippen LogP contribution in [-0.4, -0.2) is 65.0 Å². The zero-order chi connectivity index (χ0) is 18.0. The molecule has 1 aromatic heterocycles. The number of amides is 1. The second kappa shape index (κ2) is 7.38. The van der Waals surface area contributed by atoms with Gasteiger partial charge >= 0.3 is 5.97 Å². The Kier molecular flexibility index (Phi) is 5.70. The number of hydrogen-bond donors (Lipinski definition) is 2. The zero-order valence-electron chi connectivity index (χ0n) is 15.3. The molecular formula is C18H29N3O3. The van der Waals surface area contributed by atoms with Gasteiger partial charge in [-0.1, -0.05) is 13.8 Å². The summed E-state index contributed by atoms with van der Waals surface area (Å²) >= 11 is 0. The molecule has 0 aromatic carbocycles. The first kappa shape index (κ1) is 18.5. The molecule has 2 N–H and O–H groups in total. The van der Waals surface area contributed by atoms with Gasteiger partial charge in [0.15, 0.2) is 0 Å². The Hall–Kier alpha value is -1.82. The first-order valence-corrected chi connectivity index (χ1v) is 8.61. The van der Waals surface area contributed by atoms with Crippen LogP contribution in [0.3, 0.4) is 0 Å². The highest BCUT2D eigenvalue weighted by Gasteiger charge is 2.28. The molecule has 1 atom stereocenters. The molecule has 0 unspecified atom stereocenters. The predicted octanol–water partition coefficient (Wildman–Crippen LogP) is 2.38. The van der Waals surface area contributed by atoms with Crippen molar-refractivity contribution < 1.29 is 14.7 Å². The molecule has 2 rings (SSSR count). The van der Waals surface area contributed by atoms with E-state index in [-0.39, 0.29) is 11.6 Å². The lowest BCUT2D eigenvalue weighted by Crippen LogP contribution is -2.34. The summed E-state index contributed by atoms with van der Waals surface area (Å²) in [7, 11) is 1.81. The van der Waals surface area contributed by atoms with Crippen LogP contribution in [0.1, 0.15) is 52.4 Å². The van der Waals surface area contributed by atoms with Gasteiger partial charge in [-0.15, -0.1) is 0 Å². The van der Waals surface area contributed by atoms with E-state index in [9.17, 15) is 14.7 Å².